The number of hydrogen-bond acceptors (Lipinski definition) is 2. The molecule has 0 rings (SSSR count). The number of ether oxygens (including phenoxy) is 1. The van der Waals surface area contributed by atoms with Crippen molar-refractivity contribution in [2.24, 2.45) is 5.92 Å². The summed E-state index contributed by atoms with van der Waals surface area (Å²) in [5.74, 6) is 0.581. The molecule has 1 unspecified atom stereocenters. The molecule has 0 heterocycles. The summed E-state index contributed by atoms with van der Waals surface area (Å²) in [5.41, 5.74) is 0. The Morgan fingerprint density at radius 1 is 0.533 bits per heavy atom. The van der Waals surface area contributed by atoms with E-state index in [2.05, 4.69) is 20.8 Å². The van der Waals surface area contributed by atoms with Crippen LogP contribution in [0.5, 0.6) is 0 Å². The highest BCUT2D eigenvalue weighted by atomic mass is 16.5. The minimum Gasteiger partial charge on any atom is -0.466 e. The summed E-state index contributed by atoms with van der Waals surface area (Å²) < 4.78 is 5.36. The maximum Gasteiger partial charge on any atom is 0.306 e. The second-order valence-electron chi connectivity index (χ2n) is 9.52. The molecule has 0 aliphatic carbocycles. The normalized spacial score (nSPS) is 12.2. The summed E-state index contributed by atoms with van der Waals surface area (Å²) in [6, 6.07) is 0. The van der Waals surface area contributed by atoms with Gasteiger partial charge < -0.3 is 4.74 Å². The molecule has 0 aliphatic rings. The largest absolute Gasteiger partial charge is 0.466 e. The number of rotatable bonds is 24. The van der Waals surface area contributed by atoms with E-state index in [1.54, 1.807) is 0 Å². The summed E-state index contributed by atoms with van der Waals surface area (Å²) in [7, 11) is 0. The fourth-order valence-electron chi connectivity index (χ4n) is 4.35. The molecule has 0 aromatic carbocycles. The van der Waals surface area contributed by atoms with Gasteiger partial charge in [-0.1, -0.05) is 136 Å². The second kappa shape index (κ2) is 24.7. The van der Waals surface area contributed by atoms with Crippen molar-refractivity contribution in [3.05, 3.63) is 0 Å². The molecule has 180 valence electrons. The molecule has 0 saturated heterocycles. The molecule has 2 nitrogen and oxygen atoms in total. The lowest BCUT2D eigenvalue weighted by Gasteiger charge is -2.16. The predicted octanol–water partition coefficient (Wildman–Crippen LogP) is 9.79. The Hall–Kier alpha value is -0.530. The zero-order chi connectivity index (χ0) is 22.1. The van der Waals surface area contributed by atoms with Crippen molar-refractivity contribution in [2.75, 3.05) is 6.61 Å². The lowest BCUT2D eigenvalue weighted by atomic mass is 9.91. The maximum atomic E-state index is 12.1. The molecule has 2 heteroatoms. The molecule has 0 fully saturated rings. The molecular weight excluding hydrogens is 368 g/mol. The number of carbonyl (C=O) groups is 1. The first-order valence-electron chi connectivity index (χ1n) is 13.9. The summed E-state index contributed by atoms with van der Waals surface area (Å²) in [6.45, 7) is 7.21. The van der Waals surface area contributed by atoms with E-state index >= 15 is 0 Å². The first-order chi connectivity index (χ1) is 14.7. The standard InChI is InChI=1S/C28H56O2/c1-4-7-9-11-13-15-16-18-20-22-24-27(26-28(29)30-25-6-3)23-21-19-17-14-12-10-8-5-2/h27H,4-26H2,1-3H3. The average molecular weight is 425 g/mol. The number of esters is 1. The number of unbranched alkanes of at least 4 members (excludes halogenated alkanes) is 16. The van der Waals surface area contributed by atoms with Gasteiger partial charge in [-0.25, -0.2) is 0 Å². The van der Waals surface area contributed by atoms with E-state index in [0.29, 0.717) is 18.9 Å². The van der Waals surface area contributed by atoms with Crippen LogP contribution in [0.25, 0.3) is 0 Å². The van der Waals surface area contributed by atoms with Crippen molar-refractivity contribution in [1.29, 1.82) is 0 Å². The Balaban J connectivity index is 3.86. The Bertz CT molecular complexity index is 340. The van der Waals surface area contributed by atoms with E-state index in [9.17, 15) is 4.79 Å². The van der Waals surface area contributed by atoms with Crippen molar-refractivity contribution < 1.29 is 9.53 Å². The molecule has 0 aliphatic heterocycles. The summed E-state index contributed by atoms with van der Waals surface area (Å²) in [6.07, 6.45) is 28.7. The van der Waals surface area contributed by atoms with Crippen LogP contribution in [-0.4, -0.2) is 12.6 Å². The van der Waals surface area contributed by atoms with E-state index in [1.807, 2.05) is 0 Å². The molecule has 0 bridgehead atoms. The minimum absolute atomic E-state index is 0.0356. The van der Waals surface area contributed by atoms with Gasteiger partial charge in [-0.05, 0) is 25.2 Å². The molecule has 0 saturated carbocycles. The molecular formula is C28H56O2. The van der Waals surface area contributed by atoms with Crippen molar-refractivity contribution in [3.63, 3.8) is 0 Å². The minimum atomic E-state index is 0.0356. The Labute approximate surface area is 190 Å². The van der Waals surface area contributed by atoms with Gasteiger partial charge in [0.1, 0.15) is 0 Å². The SMILES string of the molecule is CCCCCCCCCCCCC(CCCCCCCCCC)CC(=O)OCCC. The van der Waals surface area contributed by atoms with Gasteiger partial charge in [0, 0.05) is 6.42 Å². The van der Waals surface area contributed by atoms with Crippen LogP contribution in [0.3, 0.4) is 0 Å². The fourth-order valence-corrected chi connectivity index (χ4v) is 4.35. The highest BCUT2D eigenvalue weighted by Gasteiger charge is 2.14. The highest BCUT2D eigenvalue weighted by molar-refractivity contribution is 5.69. The fraction of sp³-hybridized carbons (Fsp3) is 0.964. The van der Waals surface area contributed by atoms with Crippen LogP contribution < -0.4 is 0 Å². The predicted molar refractivity (Wildman–Crippen MR) is 133 cm³/mol. The van der Waals surface area contributed by atoms with Gasteiger partial charge in [-0.15, -0.1) is 0 Å². The second-order valence-corrected chi connectivity index (χ2v) is 9.52. The molecule has 1 atom stereocenters. The topological polar surface area (TPSA) is 26.3 Å². The van der Waals surface area contributed by atoms with Crippen LogP contribution in [0.2, 0.25) is 0 Å². The van der Waals surface area contributed by atoms with Crippen molar-refractivity contribution >= 4 is 5.97 Å². The quantitative estimate of drug-likeness (QED) is 0.114. The van der Waals surface area contributed by atoms with Gasteiger partial charge in [0.25, 0.3) is 0 Å². The van der Waals surface area contributed by atoms with E-state index in [-0.39, 0.29) is 5.97 Å². The van der Waals surface area contributed by atoms with E-state index in [1.165, 1.54) is 128 Å². The van der Waals surface area contributed by atoms with Crippen molar-refractivity contribution in [2.45, 2.75) is 162 Å². The first-order valence-corrected chi connectivity index (χ1v) is 13.9. The highest BCUT2D eigenvalue weighted by Crippen LogP contribution is 2.23. The molecule has 0 aromatic rings. The van der Waals surface area contributed by atoms with Gasteiger partial charge in [0.2, 0.25) is 0 Å². The van der Waals surface area contributed by atoms with E-state index in [4.69, 9.17) is 4.74 Å². The molecule has 0 amide bonds. The lowest BCUT2D eigenvalue weighted by molar-refractivity contribution is -0.144. The zero-order valence-electron chi connectivity index (χ0n) is 21.2. The summed E-state index contributed by atoms with van der Waals surface area (Å²) in [5, 5.41) is 0. The zero-order valence-corrected chi connectivity index (χ0v) is 21.2. The first kappa shape index (κ1) is 29.5. The Kier molecular flexibility index (Phi) is 24.3. The number of hydrogen-bond donors (Lipinski definition) is 0. The Morgan fingerprint density at radius 3 is 1.27 bits per heavy atom. The third-order valence-electron chi connectivity index (χ3n) is 6.35. The van der Waals surface area contributed by atoms with Crippen LogP contribution in [0, 0.1) is 5.92 Å². The Morgan fingerprint density at radius 2 is 0.900 bits per heavy atom. The lowest BCUT2D eigenvalue weighted by Crippen LogP contribution is -2.12. The van der Waals surface area contributed by atoms with Crippen LogP contribution in [-0.2, 0) is 9.53 Å². The average Bonchev–Trinajstić information content (AvgIpc) is 2.75. The summed E-state index contributed by atoms with van der Waals surface area (Å²) in [4.78, 5) is 12.1. The molecule has 0 radical (unpaired) electrons. The van der Waals surface area contributed by atoms with E-state index in [0.717, 1.165) is 6.42 Å². The van der Waals surface area contributed by atoms with Crippen molar-refractivity contribution in [3.8, 4) is 0 Å². The van der Waals surface area contributed by atoms with Gasteiger partial charge in [0.15, 0.2) is 0 Å². The van der Waals surface area contributed by atoms with Crippen LogP contribution >= 0.6 is 0 Å². The monoisotopic (exact) mass is 424 g/mol. The number of carbonyl (C=O) groups excluding carboxylic acids is 1. The van der Waals surface area contributed by atoms with E-state index < -0.39 is 0 Å². The van der Waals surface area contributed by atoms with Gasteiger partial charge in [-0.2, -0.15) is 0 Å². The molecule has 0 spiro atoms. The smallest absolute Gasteiger partial charge is 0.306 e. The summed E-state index contributed by atoms with van der Waals surface area (Å²) >= 11 is 0. The molecule has 30 heavy (non-hydrogen) atoms. The maximum absolute atomic E-state index is 12.1. The molecule has 0 N–H and O–H groups in total. The molecule has 0 aromatic heterocycles. The van der Waals surface area contributed by atoms with Gasteiger partial charge in [0.05, 0.1) is 6.61 Å². The van der Waals surface area contributed by atoms with Gasteiger partial charge >= 0.3 is 5.97 Å². The van der Waals surface area contributed by atoms with Crippen LogP contribution in [0.4, 0.5) is 0 Å². The van der Waals surface area contributed by atoms with Gasteiger partial charge in [-0.3, -0.25) is 4.79 Å². The third-order valence-corrected chi connectivity index (χ3v) is 6.35. The van der Waals surface area contributed by atoms with Crippen LogP contribution in [0.15, 0.2) is 0 Å². The van der Waals surface area contributed by atoms with Crippen molar-refractivity contribution in [1.82, 2.24) is 0 Å². The third kappa shape index (κ3) is 22.2. The van der Waals surface area contributed by atoms with Crippen LogP contribution in [0.1, 0.15) is 162 Å².